The minimum atomic E-state index is -3.63. The second-order valence-electron chi connectivity index (χ2n) is 7.20. The number of carboxylic acid groups (broad SMARTS) is 1. The minimum absolute atomic E-state index is 0.0285. The Balaban J connectivity index is 1.88. The maximum atomic E-state index is 12.9. The zero-order valence-electron chi connectivity index (χ0n) is 14.6. The molecule has 1 aromatic heterocycles. The summed E-state index contributed by atoms with van der Waals surface area (Å²) in [6, 6.07) is 1.36. The molecule has 0 bridgehead atoms. The molecule has 2 fully saturated rings. The lowest BCUT2D eigenvalue weighted by Crippen LogP contribution is -2.37. The van der Waals surface area contributed by atoms with Crippen LogP contribution in [0.5, 0.6) is 0 Å². The Morgan fingerprint density at radius 2 is 2.04 bits per heavy atom. The highest BCUT2D eigenvalue weighted by Crippen LogP contribution is 2.49. The van der Waals surface area contributed by atoms with Crippen molar-refractivity contribution in [1.29, 1.82) is 0 Å². The molecule has 138 valence electrons. The van der Waals surface area contributed by atoms with E-state index in [1.165, 1.54) is 30.9 Å². The molecule has 2 aliphatic rings. The van der Waals surface area contributed by atoms with Gasteiger partial charge in [-0.1, -0.05) is 6.42 Å². The summed E-state index contributed by atoms with van der Waals surface area (Å²) >= 11 is 0. The number of amides is 1. The molecule has 2 atom stereocenters. The normalized spacial score (nSPS) is 26.2. The third-order valence-electron chi connectivity index (χ3n) is 5.56. The van der Waals surface area contributed by atoms with E-state index in [0.29, 0.717) is 13.0 Å². The number of carboxylic acids is 1. The zero-order chi connectivity index (χ0) is 18.6. The Labute approximate surface area is 147 Å². The van der Waals surface area contributed by atoms with Crippen LogP contribution in [0.1, 0.15) is 29.8 Å². The van der Waals surface area contributed by atoms with Gasteiger partial charge in [0.05, 0.1) is 5.41 Å². The van der Waals surface area contributed by atoms with Crippen LogP contribution in [-0.2, 0) is 21.9 Å². The second kappa shape index (κ2) is 5.84. The number of nitrogens with zero attached hydrogens (tertiary/aromatic N) is 3. The van der Waals surface area contributed by atoms with Gasteiger partial charge in [0, 0.05) is 40.4 Å². The molecule has 1 aliphatic carbocycles. The molecule has 0 aromatic carbocycles. The third-order valence-corrected chi connectivity index (χ3v) is 7.34. The van der Waals surface area contributed by atoms with E-state index in [1.807, 2.05) is 0 Å². The van der Waals surface area contributed by atoms with Gasteiger partial charge in [0.1, 0.15) is 10.6 Å². The summed E-state index contributed by atoms with van der Waals surface area (Å²) in [6.45, 7) is 0.596. The van der Waals surface area contributed by atoms with E-state index in [2.05, 4.69) is 0 Å². The van der Waals surface area contributed by atoms with Crippen molar-refractivity contribution in [3.63, 3.8) is 0 Å². The minimum Gasteiger partial charge on any atom is -0.481 e. The molecular formula is C16H23N3O5S. The Kier molecular flexibility index (Phi) is 4.19. The Bertz CT molecular complexity index is 829. The average molecular weight is 369 g/mol. The number of rotatable bonds is 4. The number of carbonyl (C=O) groups excluding carboxylic acids is 1. The molecule has 0 unspecified atom stereocenters. The van der Waals surface area contributed by atoms with Gasteiger partial charge in [0.15, 0.2) is 0 Å². The fraction of sp³-hybridized carbons (Fsp3) is 0.625. The van der Waals surface area contributed by atoms with Gasteiger partial charge in [0.25, 0.3) is 5.91 Å². The van der Waals surface area contributed by atoms with Gasteiger partial charge in [-0.2, -0.15) is 0 Å². The van der Waals surface area contributed by atoms with Gasteiger partial charge in [-0.05, 0) is 24.8 Å². The van der Waals surface area contributed by atoms with E-state index in [1.54, 1.807) is 11.9 Å². The number of aryl methyl sites for hydroxylation is 1. The molecule has 1 N–H and O–H groups in total. The van der Waals surface area contributed by atoms with Crippen molar-refractivity contribution in [3.8, 4) is 0 Å². The fourth-order valence-electron chi connectivity index (χ4n) is 4.05. The van der Waals surface area contributed by atoms with Crippen molar-refractivity contribution in [2.24, 2.45) is 18.4 Å². The summed E-state index contributed by atoms with van der Waals surface area (Å²) in [4.78, 5) is 26.2. The lowest BCUT2D eigenvalue weighted by molar-refractivity contribution is -0.149. The lowest BCUT2D eigenvalue weighted by atomic mass is 9.81. The molecular weight excluding hydrogens is 346 g/mol. The van der Waals surface area contributed by atoms with Crippen LogP contribution in [0.3, 0.4) is 0 Å². The number of aromatic nitrogens is 1. The summed E-state index contributed by atoms with van der Waals surface area (Å²) < 4.78 is 27.1. The number of aliphatic carboxylic acids is 1. The molecule has 8 nitrogen and oxygen atoms in total. The van der Waals surface area contributed by atoms with Gasteiger partial charge >= 0.3 is 5.97 Å². The van der Waals surface area contributed by atoms with Crippen LogP contribution >= 0.6 is 0 Å². The summed E-state index contributed by atoms with van der Waals surface area (Å²) in [6.07, 6.45) is 3.68. The molecule has 1 amide bonds. The first-order valence-electron chi connectivity index (χ1n) is 8.21. The maximum absolute atomic E-state index is 12.9. The van der Waals surface area contributed by atoms with Crippen LogP contribution in [0.2, 0.25) is 0 Å². The maximum Gasteiger partial charge on any atom is 0.311 e. The Hall–Kier alpha value is -1.87. The zero-order valence-corrected chi connectivity index (χ0v) is 15.4. The molecule has 3 rings (SSSR count). The summed E-state index contributed by atoms with van der Waals surface area (Å²) in [5, 5.41) is 9.64. The monoisotopic (exact) mass is 369 g/mol. The molecule has 1 saturated carbocycles. The highest BCUT2D eigenvalue weighted by Gasteiger charge is 2.56. The number of hydrogen-bond donors (Lipinski definition) is 1. The molecule has 9 heteroatoms. The summed E-state index contributed by atoms with van der Waals surface area (Å²) in [5.41, 5.74) is -0.597. The van der Waals surface area contributed by atoms with E-state index < -0.39 is 21.4 Å². The largest absolute Gasteiger partial charge is 0.481 e. The van der Waals surface area contributed by atoms with Crippen molar-refractivity contribution in [3.05, 3.63) is 18.0 Å². The molecule has 1 aliphatic heterocycles. The second-order valence-corrected chi connectivity index (χ2v) is 9.35. The molecule has 0 spiro atoms. The molecule has 1 aromatic rings. The third kappa shape index (κ3) is 2.65. The topological polar surface area (TPSA) is 99.9 Å². The van der Waals surface area contributed by atoms with Crippen LogP contribution < -0.4 is 0 Å². The van der Waals surface area contributed by atoms with Crippen molar-refractivity contribution < 1.29 is 23.1 Å². The predicted molar refractivity (Wildman–Crippen MR) is 89.6 cm³/mol. The van der Waals surface area contributed by atoms with E-state index in [4.69, 9.17) is 0 Å². The predicted octanol–water partition coefficient (Wildman–Crippen LogP) is 0.602. The van der Waals surface area contributed by atoms with Gasteiger partial charge in [-0.15, -0.1) is 0 Å². The SMILES string of the molecule is CN(C)S(=O)(=O)c1cc(C(=O)N2C[C@@H]3CCC[C@@]3(C(=O)O)C2)n(C)c1. The van der Waals surface area contributed by atoms with Crippen molar-refractivity contribution in [2.45, 2.75) is 24.2 Å². The number of carbonyl (C=O) groups is 2. The van der Waals surface area contributed by atoms with Crippen molar-refractivity contribution in [1.82, 2.24) is 13.8 Å². The van der Waals surface area contributed by atoms with Gasteiger partial charge in [-0.3, -0.25) is 9.59 Å². The Morgan fingerprint density at radius 3 is 2.60 bits per heavy atom. The van der Waals surface area contributed by atoms with Crippen molar-refractivity contribution in [2.75, 3.05) is 27.2 Å². The number of likely N-dealkylation sites (tertiary alicyclic amines) is 1. The van der Waals surface area contributed by atoms with Crippen LogP contribution in [0.15, 0.2) is 17.2 Å². The molecule has 0 radical (unpaired) electrons. The number of hydrogen-bond acceptors (Lipinski definition) is 4. The van der Waals surface area contributed by atoms with E-state index in [9.17, 15) is 23.1 Å². The van der Waals surface area contributed by atoms with Gasteiger partial charge in [0.2, 0.25) is 10.0 Å². The summed E-state index contributed by atoms with van der Waals surface area (Å²) in [5.74, 6) is -1.19. The van der Waals surface area contributed by atoms with Gasteiger partial charge in [-0.25, -0.2) is 12.7 Å². The smallest absolute Gasteiger partial charge is 0.311 e. The lowest BCUT2D eigenvalue weighted by Gasteiger charge is -2.23. The highest BCUT2D eigenvalue weighted by molar-refractivity contribution is 7.89. The average Bonchev–Trinajstić information content (AvgIpc) is 3.17. The summed E-state index contributed by atoms with van der Waals surface area (Å²) in [7, 11) is 0.854. The number of sulfonamides is 1. The van der Waals surface area contributed by atoms with Crippen LogP contribution in [-0.4, -0.2) is 66.4 Å². The molecule has 1 saturated heterocycles. The quantitative estimate of drug-likeness (QED) is 0.838. The number of fused-ring (bicyclic) bond motifs is 1. The first kappa shape index (κ1) is 17.9. The van der Waals surface area contributed by atoms with Gasteiger partial charge < -0.3 is 14.6 Å². The first-order valence-corrected chi connectivity index (χ1v) is 9.65. The molecule has 25 heavy (non-hydrogen) atoms. The van der Waals surface area contributed by atoms with E-state index in [0.717, 1.165) is 17.1 Å². The Morgan fingerprint density at radius 1 is 1.36 bits per heavy atom. The van der Waals surface area contributed by atoms with E-state index in [-0.39, 0.29) is 29.0 Å². The molecule has 2 heterocycles. The fourth-order valence-corrected chi connectivity index (χ4v) is 5.03. The first-order chi connectivity index (χ1) is 11.6. The highest BCUT2D eigenvalue weighted by atomic mass is 32.2. The van der Waals surface area contributed by atoms with Crippen LogP contribution in [0.25, 0.3) is 0 Å². The van der Waals surface area contributed by atoms with Crippen LogP contribution in [0, 0.1) is 11.3 Å². The standard InChI is InChI=1S/C16H23N3O5S/c1-17(2)25(23,24)12-7-13(18(3)9-12)14(20)19-8-11-5-4-6-16(11,10-19)15(21)22/h7,9,11H,4-6,8,10H2,1-3H3,(H,21,22)/t11-,16+/m0/s1. The van der Waals surface area contributed by atoms with E-state index >= 15 is 0 Å². The van der Waals surface area contributed by atoms with Crippen LogP contribution in [0.4, 0.5) is 0 Å². The van der Waals surface area contributed by atoms with Crippen molar-refractivity contribution >= 4 is 21.9 Å².